The molecule has 4 nitrogen and oxygen atoms in total. The van der Waals surface area contributed by atoms with Crippen LogP contribution in [0.3, 0.4) is 0 Å². The Labute approximate surface area is 118 Å². The van der Waals surface area contributed by atoms with Gasteiger partial charge in [0.25, 0.3) is 0 Å². The molecule has 0 aliphatic rings. The van der Waals surface area contributed by atoms with Crippen molar-refractivity contribution in [2.75, 3.05) is 11.1 Å². The smallest absolute Gasteiger partial charge is 0.234 e. The number of halogens is 1. The number of thioether (sulfide) groups is 1. The summed E-state index contributed by atoms with van der Waals surface area (Å²) in [5.74, 6) is -0.296. The lowest BCUT2D eigenvalue weighted by Gasteiger charge is -2.05. The fraction of sp³-hybridized carbons (Fsp3) is 0.250. The predicted octanol–water partition coefficient (Wildman–Crippen LogP) is 3.02. The first-order chi connectivity index (χ1) is 9.04. The van der Waals surface area contributed by atoms with Gasteiger partial charge in [-0.15, -0.1) is 10.2 Å². The zero-order valence-corrected chi connectivity index (χ0v) is 12.1. The van der Waals surface area contributed by atoms with E-state index in [9.17, 15) is 9.18 Å². The Balaban J connectivity index is 1.88. The summed E-state index contributed by atoms with van der Waals surface area (Å²) in [6, 6.07) is 4.62. The van der Waals surface area contributed by atoms with Crippen LogP contribution >= 0.6 is 23.1 Å². The summed E-state index contributed by atoms with van der Waals surface area (Å²) in [5.41, 5.74) is 1.01. The number of aryl methyl sites for hydroxylation is 2. The van der Waals surface area contributed by atoms with Crippen molar-refractivity contribution in [3.8, 4) is 0 Å². The maximum Gasteiger partial charge on any atom is 0.234 e. The second-order valence-electron chi connectivity index (χ2n) is 3.89. The van der Waals surface area contributed by atoms with Crippen molar-refractivity contribution in [1.82, 2.24) is 10.2 Å². The van der Waals surface area contributed by atoms with E-state index in [1.54, 1.807) is 19.1 Å². The first kappa shape index (κ1) is 14.0. The molecule has 0 radical (unpaired) electrons. The van der Waals surface area contributed by atoms with Gasteiger partial charge >= 0.3 is 0 Å². The van der Waals surface area contributed by atoms with Gasteiger partial charge in [0.2, 0.25) is 5.91 Å². The first-order valence-electron chi connectivity index (χ1n) is 5.53. The Kier molecular flexibility index (Phi) is 4.49. The summed E-state index contributed by atoms with van der Waals surface area (Å²) in [6.45, 7) is 3.53. The van der Waals surface area contributed by atoms with E-state index in [4.69, 9.17) is 0 Å². The molecule has 100 valence electrons. The van der Waals surface area contributed by atoms with Gasteiger partial charge in [0, 0.05) is 5.69 Å². The van der Waals surface area contributed by atoms with Gasteiger partial charge in [0.1, 0.15) is 10.8 Å². The molecule has 0 fully saturated rings. The SMILES string of the molecule is Cc1nnc(SCC(=O)Nc2ccc(C)c(F)c2)s1. The summed E-state index contributed by atoms with van der Waals surface area (Å²) in [5, 5.41) is 11.3. The molecular weight excluding hydrogens is 285 g/mol. The monoisotopic (exact) mass is 297 g/mol. The molecule has 0 aliphatic heterocycles. The molecule has 1 aromatic heterocycles. The molecule has 1 heterocycles. The number of carbonyl (C=O) groups excluding carboxylic acids is 1. The molecule has 0 saturated carbocycles. The van der Waals surface area contributed by atoms with Crippen LogP contribution in [-0.2, 0) is 4.79 Å². The van der Waals surface area contributed by atoms with Gasteiger partial charge in [-0.1, -0.05) is 29.2 Å². The molecule has 0 atom stereocenters. The summed E-state index contributed by atoms with van der Waals surface area (Å²) in [6.07, 6.45) is 0. The third kappa shape index (κ3) is 4.00. The summed E-state index contributed by atoms with van der Waals surface area (Å²) < 4.78 is 14.1. The molecule has 2 aromatic rings. The van der Waals surface area contributed by atoms with Gasteiger partial charge in [-0.2, -0.15) is 0 Å². The van der Waals surface area contributed by atoms with Crippen LogP contribution in [-0.4, -0.2) is 21.9 Å². The summed E-state index contributed by atoms with van der Waals surface area (Å²) >= 11 is 2.76. The topological polar surface area (TPSA) is 54.9 Å². The Hall–Kier alpha value is -1.47. The molecule has 0 spiro atoms. The van der Waals surface area contributed by atoms with E-state index in [0.29, 0.717) is 11.3 Å². The molecule has 0 saturated heterocycles. The van der Waals surface area contributed by atoms with E-state index in [1.165, 1.54) is 29.2 Å². The van der Waals surface area contributed by atoms with Gasteiger partial charge < -0.3 is 5.32 Å². The van der Waals surface area contributed by atoms with E-state index >= 15 is 0 Å². The number of hydrogen-bond acceptors (Lipinski definition) is 5. The quantitative estimate of drug-likeness (QED) is 0.881. The standard InChI is InChI=1S/C12H12FN3OS2/c1-7-3-4-9(5-10(7)13)14-11(17)6-18-12-16-15-8(2)19-12/h3-5H,6H2,1-2H3,(H,14,17). The van der Waals surface area contributed by atoms with Crippen molar-refractivity contribution in [3.63, 3.8) is 0 Å². The number of aromatic nitrogens is 2. The van der Waals surface area contributed by atoms with Gasteiger partial charge in [0.05, 0.1) is 5.75 Å². The molecule has 2 rings (SSSR count). The number of hydrogen-bond donors (Lipinski definition) is 1. The molecule has 19 heavy (non-hydrogen) atoms. The minimum Gasteiger partial charge on any atom is -0.325 e. The number of nitrogens with one attached hydrogen (secondary N) is 1. The van der Waals surface area contributed by atoms with Crippen LogP contribution in [0.1, 0.15) is 10.6 Å². The fourth-order valence-electron chi connectivity index (χ4n) is 1.33. The number of anilines is 1. The lowest BCUT2D eigenvalue weighted by Crippen LogP contribution is -2.14. The third-order valence-electron chi connectivity index (χ3n) is 2.29. The Bertz CT molecular complexity index is 600. The molecule has 7 heteroatoms. The lowest BCUT2D eigenvalue weighted by atomic mass is 10.2. The zero-order chi connectivity index (χ0) is 13.8. The zero-order valence-electron chi connectivity index (χ0n) is 10.4. The minimum atomic E-state index is -0.329. The summed E-state index contributed by atoms with van der Waals surface area (Å²) in [7, 11) is 0. The molecule has 1 N–H and O–H groups in total. The average Bonchev–Trinajstić information content (AvgIpc) is 2.77. The van der Waals surface area contributed by atoms with Crippen molar-refractivity contribution in [2.24, 2.45) is 0 Å². The van der Waals surface area contributed by atoms with Gasteiger partial charge in [-0.3, -0.25) is 4.79 Å². The minimum absolute atomic E-state index is 0.193. The van der Waals surface area contributed by atoms with Gasteiger partial charge in [-0.05, 0) is 31.5 Å². The molecule has 0 aliphatic carbocycles. The number of rotatable bonds is 4. The highest BCUT2D eigenvalue weighted by Gasteiger charge is 2.08. The second kappa shape index (κ2) is 6.12. The van der Waals surface area contributed by atoms with Crippen molar-refractivity contribution in [3.05, 3.63) is 34.6 Å². The van der Waals surface area contributed by atoms with Crippen LogP contribution in [0.2, 0.25) is 0 Å². The second-order valence-corrected chi connectivity index (χ2v) is 6.29. The number of nitrogens with zero attached hydrogens (tertiary/aromatic N) is 2. The van der Waals surface area contributed by atoms with Crippen molar-refractivity contribution < 1.29 is 9.18 Å². The molecule has 1 aromatic carbocycles. The van der Waals surface area contributed by atoms with E-state index in [-0.39, 0.29) is 17.5 Å². The number of amides is 1. The Morgan fingerprint density at radius 2 is 2.21 bits per heavy atom. The Morgan fingerprint density at radius 3 is 2.84 bits per heavy atom. The first-order valence-corrected chi connectivity index (χ1v) is 7.34. The van der Waals surface area contributed by atoms with Gasteiger partial charge in [-0.25, -0.2) is 4.39 Å². The summed E-state index contributed by atoms with van der Waals surface area (Å²) in [4.78, 5) is 11.7. The molecule has 1 amide bonds. The largest absolute Gasteiger partial charge is 0.325 e. The van der Waals surface area contributed by atoms with E-state index in [0.717, 1.165) is 9.35 Å². The van der Waals surface area contributed by atoms with Crippen molar-refractivity contribution >= 4 is 34.7 Å². The normalized spacial score (nSPS) is 10.5. The maximum atomic E-state index is 13.3. The van der Waals surface area contributed by atoms with Crippen LogP contribution in [0.15, 0.2) is 22.5 Å². The highest BCUT2D eigenvalue weighted by molar-refractivity contribution is 8.01. The van der Waals surface area contributed by atoms with E-state index in [1.807, 2.05) is 6.92 Å². The van der Waals surface area contributed by atoms with Crippen LogP contribution < -0.4 is 5.32 Å². The van der Waals surface area contributed by atoms with Crippen LogP contribution in [0.5, 0.6) is 0 Å². The number of benzene rings is 1. The van der Waals surface area contributed by atoms with Crippen LogP contribution in [0.25, 0.3) is 0 Å². The molecule has 0 unspecified atom stereocenters. The number of carbonyl (C=O) groups is 1. The predicted molar refractivity (Wildman–Crippen MR) is 75.1 cm³/mol. The van der Waals surface area contributed by atoms with E-state index < -0.39 is 0 Å². The lowest BCUT2D eigenvalue weighted by molar-refractivity contribution is -0.113. The average molecular weight is 297 g/mol. The van der Waals surface area contributed by atoms with Crippen LogP contribution in [0.4, 0.5) is 10.1 Å². The molecule has 0 bridgehead atoms. The van der Waals surface area contributed by atoms with Gasteiger partial charge in [0.15, 0.2) is 4.34 Å². The van der Waals surface area contributed by atoms with Crippen molar-refractivity contribution in [2.45, 2.75) is 18.2 Å². The Morgan fingerprint density at radius 1 is 1.42 bits per heavy atom. The third-order valence-corrected chi connectivity index (χ3v) is 4.26. The molecular formula is C12H12FN3OS2. The maximum absolute atomic E-state index is 13.3. The van der Waals surface area contributed by atoms with E-state index in [2.05, 4.69) is 15.5 Å². The fourth-order valence-corrected chi connectivity index (χ4v) is 2.95. The van der Waals surface area contributed by atoms with Crippen LogP contribution in [0, 0.1) is 19.7 Å². The van der Waals surface area contributed by atoms with Crippen molar-refractivity contribution in [1.29, 1.82) is 0 Å². The highest BCUT2D eigenvalue weighted by Crippen LogP contribution is 2.22. The highest BCUT2D eigenvalue weighted by atomic mass is 32.2.